The van der Waals surface area contributed by atoms with E-state index < -0.39 is 29.3 Å². The summed E-state index contributed by atoms with van der Waals surface area (Å²) in [6.45, 7) is 4.91. The lowest BCUT2D eigenvalue weighted by atomic mass is 9.42. The molecule has 9 heteroatoms. The minimum absolute atomic E-state index is 0.0661. The number of rotatable bonds is 18. The van der Waals surface area contributed by atoms with E-state index in [2.05, 4.69) is 13.8 Å². The second-order valence-corrected chi connectivity index (χ2v) is 17.9. The Labute approximate surface area is 277 Å². The van der Waals surface area contributed by atoms with E-state index in [0.29, 0.717) is 41.1 Å². The average molecular weight is 681 g/mol. The molecule has 0 aromatic heterocycles. The summed E-state index contributed by atoms with van der Waals surface area (Å²) in [5.41, 5.74) is 0.351. The Bertz CT molecular complexity index is 1000. The molecule has 4 aliphatic carbocycles. The van der Waals surface area contributed by atoms with Crippen LogP contribution in [-0.2, 0) is 15.6 Å². The summed E-state index contributed by atoms with van der Waals surface area (Å²) in [5.74, 6) is -0.667. The maximum Gasteiger partial charge on any atom is 0.453 e. The molecule has 0 saturated heterocycles. The zero-order valence-electron chi connectivity index (χ0n) is 28.5. The lowest BCUT2D eigenvalue weighted by Gasteiger charge is -2.62. The van der Waals surface area contributed by atoms with Gasteiger partial charge < -0.3 is 5.11 Å². The van der Waals surface area contributed by atoms with Gasteiger partial charge in [-0.25, -0.2) is 0 Å². The lowest BCUT2D eigenvalue weighted by molar-refractivity contribution is -0.284. The third-order valence-corrected chi connectivity index (χ3v) is 14.7. The Hall–Kier alpha value is -0.570. The van der Waals surface area contributed by atoms with Crippen molar-refractivity contribution < 1.29 is 36.1 Å². The number of alkyl halides is 5. The van der Waals surface area contributed by atoms with Crippen molar-refractivity contribution in [3.8, 4) is 0 Å². The van der Waals surface area contributed by atoms with E-state index in [1.54, 1.807) is 0 Å². The van der Waals surface area contributed by atoms with Gasteiger partial charge in [-0.1, -0.05) is 84.5 Å². The van der Waals surface area contributed by atoms with Crippen LogP contribution in [0.25, 0.3) is 0 Å². The van der Waals surface area contributed by atoms with E-state index in [0.717, 1.165) is 57.8 Å². The van der Waals surface area contributed by atoms with Gasteiger partial charge in [0.15, 0.2) is 0 Å². The lowest BCUT2D eigenvalue weighted by Crippen LogP contribution is -2.57. The molecule has 4 aliphatic rings. The highest BCUT2D eigenvalue weighted by molar-refractivity contribution is 7.84. The van der Waals surface area contributed by atoms with Gasteiger partial charge in [-0.3, -0.25) is 9.00 Å². The molecule has 0 aromatic rings. The molecule has 4 rings (SSSR count). The van der Waals surface area contributed by atoms with Gasteiger partial charge in [-0.2, -0.15) is 22.0 Å². The molecule has 0 amide bonds. The molecule has 46 heavy (non-hydrogen) atoms. The smallest absolute Gasteiger partial charge is 0.393 e. The fourth-order valence-corrected chi connectivity index (χ4v) is 11.9. The van der Waals surface area contributed by atoms with Gasteiger partial charge in [0.05, 0.1) is 6.10 Å². The van der Waals surface area contributed by atoms with Crippen molar-refractivity contribution >= 4 is 16.6 Å². The number of carbonyl (C=O) groups excluding carboxylic acids is 1. The molecule has 268 valence electrons. The summed E-state index contributed by atoms with van der Waals surface area (Å²) in [5, 5.41) is 11.1. The van der Waals surface area contributed by atoms with E-state index in [4.69, 9.17) is 0 Å². The van der Waals surface area contributed by atoms with Crippen LogP contribution < -0.4 is 0 Å². The Morgan fingerprint density at radius 3 is 2.00 bits per heavy atom. The summed E-state index contributed by atoms with van der Waals surface area (Å²) in [6, 6.07) is 0. The monoisotopic (exact) mass is 680 g/mol. The first kappa shape index (κ1) is 38.2. The van der Waals surface area contributed by atoms with Crippen molar-refractivity contribution in [2.45, 2.75) is 173 Å². The van der Waals surface area contributed by atoms with Crippen molar-refractivity contribution in [3.63, 3.8) is 0 Å². The van der Waals surface area contributed by atoms with Crippen LogP contribution >= 0.6 is 0 Å². The highest BCUT2D eigenvalue weighted by Crippen LogP contribution is 2.68. The number of hydrogen-bond donors (Lipinski definition) is 1. The molecule has 3 nitrogen and oxygen atoms in total. The van der Waals surface area contributed by atoms with E-state index >= 15 is 0 Å². The predicted octanol–water partition coefficient (Wildman–Crippen LogP) is 10.6. The van der Waals surface area contributed by atoms with Crippen molar-refractivity contribution in [2.24, 2.45) is 40.4 Å². The Kier molecular flexibility index (Phi) is 13.7. The highest BCUT2D eigenvalue weighted by atomic mass is 32.2. The largest absolute Gasteiger partial charge is 0.453 e. The van der Waals surface area contributed by atoms with Gasteiger partial charge in [0, 0.05) is 41.6 Å². The van der Waals surface area contributed by atoms with Gasteiger partial charge in [0.25, 0.3) is 0 Å². The number of aliphatic hydroxyl groups excluding tert-OH is 1. The van der Waals surface area contributed by atoms with E-state index in [1.165, 1.54) is 70.6 Å². The first-order chi connectivity index (χ1) is 21.7. The molecular formula is C37H61F5O3S. The zero-order chi connectivity index (χ0) is 33.6. The quantitative estimate of drug-likeness (QED) is 0.116. The SMILES string of the molecule is C[C@]12CCC(=O)C[C@@H]1CC[C@@H]1[C@@H]2[C@@H](CCCCCCCCCCCCCS(=O)CCCC(F)(F)C(F)(F)F)C[C@]2(C)[C@@H](O)CC[C@@H]12. The second kappa shape index (κ2) is 16.4. The van der Waals surface area contributed by atoms with Crippen LogP contribution in [0.2, 0.25) is 0 Å². The fraction of sp³-hybridized carbons (Fsp3) is 0.973. The van der Waals surface area contributed by atoms with Crippen molar-refractivity contribution in [1.82, 2.24) is 0 Å². The third kappa shape index (κ3) is 9.15. The number of Topliss-reactive ketones (excluding diaryl/α,β-unsaturated/α-hetero) is 1. The van der Waals surface area contributed by atoms with Crippen LogP contribution in [0, 0.1) is 40.4 Å². The summed E-state index contributed by atoms with van der Waals surface area (Å²) >= 11 is 0. The molecule has 0 aromatic carbocycles. The standard InChI is InChI=1S/C37H61F5O3S/c1-34-22-20-29(43)25-28(34)16-17-30-31-18-19-32(44)35(31,2)26-27(33(30)34)15-12-10-8-6-4-3-5-7-9-11-13-23-46(45)24-14-21-36(38,39)37(40,41)42/h27-28,30-33,44H,3-26H2,1-2H3/t27-,28-,30-,31-,32-,33-,34-,35-,46?/m0/s1. The third-order valence-electron chi connectivity index (χ3n) is 13.2. The minimum atomic E-state index is -5.53. The van der Waals surface area contributed by atoms with Gasteiger partial charge in [0.1, 0.15) is 5.78 Å². The van der Waals surface area contributed by atoms with Gasteiger partial charge >= 0.3 is 12.1 Å². The number of unbranched alkanes of at least 4 members (excludes halogenated alkanes) is 10. The summed E-state index contributed by atoms with van der Waals surface area (Å²) in [4.78, 5) is 12.4. The zero-order valence-corrected chi connectivity index (χ0v) is 29.3. The Morgan fingerprint density at radius 1 is 0.783 bits per heavy atom. The maximum absolute atomic E-state index is 12.9. The number of aliphatic hydroxyl groups is 1. The second-order valence-electron chi connectivity index (χ2n) is 16.2. The molecule has 9 atom stereocenters. The van der Waals surface area contributed by atoms with Crippen LogP contribution in [0.4, 0.5) is 22.0 Å². The molecule has 1 unspecified atom stereocenters. The molecule has 4 fully saturated rings. The molecule has 0 spiro atoms. The van der Waals surface area contributed by atoms with E-state index in [1.807, 2.05) is 0 Å². The first-order valence-electron chi connectivity index (χ1n) is 18.7. The number of hydrogen-bond acceptors (Lipinski definition) is 3. The number of ketones is 1. The maximum atomic E-state index is 12.9. The Morgan fingerprint density at radius 2 is 1.37 bits per heavy atom. The molecule has 0 heterocycles. The van der Waals surface area contributed by atoms with Crippen LogP contribution in [-0.4, -0.2) is 44.8 Å². The van der Waals surface area contributed by atoms with E-state index in [-0.39, 0.29) is 29.1 Å². The van der Waals surface area contributed by atoms with E-state index in [9.17, 15) is 36.1 Å². The summed E-state index contributed by atoms with van der Waals surface area (Å²) in [6.07, 6.45) is 14.7. The number of carbonyl (C=O) groups is 1. The first-order valence-corrected chi connectivity index (χ1v) is 20.2. The fourth-order valence-electron chi connectivity index (χ4n) is 10.7. The molecule has 1 N–H and O–H groups in total. The molecule has 0 bridgehead atoms. The van der Waals surface area contributed by atoms with Crippen LogP contribution in [0.15, 0.2) is 0 Å². The average Bonchev–Trinajstić information content (AvgIpc) is 3.28. The van der Waals surface area contributed by atoms with Crippen molar-refractivity contribution in [1.29, 1.82) is 0 Å². The van der Waals surface area contributed by atoms with Crippen molar-refractivity contribution in [3.05, 3.63) is 0 Å². The van der Waals surface area contributed by atoms with Crippen molar-refractivity contribution in [2.75, 3.05) is 11.5 Å². The van der Waals surface area contributed by atoms with Gasteiger partial charge in [0.2, 0.25) is 0 Å². The molecule has 0 aliphatic heterocycles. The minimum Gasteiger partial charge on any atom is -0.393 e. The van der Waals surface area contributed by atoms with Gasteiger partial charge in [-0.05, 0) is 91.8 Å². The molecular weight excluding hydrogens is 619 g/mol. The highest BCUT2D eigenvalue weighted by Gasteiger charge is 2.62. The number of halogens is 5. The van der Waals surface area contributed by atoms with Gasteiger partial charge in [-0.15, -0.1) is 0 Å². The Balaban J connectivity index is 1.06. The van der Waals surface area contributed by atoms with Crippen LogP contribution in [0.1, 0.15) is 155 Å². The normalized spacial score (nSPS) is 35.4. The summed E-state index contributed by atoms with van der Waals surface area (Å²) < 4.78 is 74.5. The van der Waals surface area contributed by atoms with Crippen LogP contribution in [0.3, 0.4) is 0 Å². The topological polar surface area (TPSA) is 54.4 Å². The summed E-state index contributed by atoms with van der Waals surface area (Å²) in [7, 11) is -1.33. The number of fused-ring (bicyclic) bond motifs is 5. The predicted molar refractivity (Wildman–Crippen MR) is 175 cm³/mol. The molecule has 4 saturated carbocycles. The van der Waals surface area contributed by atoms with Crippen LogP contribution in [0.5, 0.6) is 0 Å². The molecule has 0 radical (unpaired) electrons.